The fraction of sp³-hybridized carbons (Fsp3) is 0.381. The van der Waals surface area contributed by atoms with Crippen molar-refractivity contribution in [3.8, 4) is 0 Å². The van der Waals surface area contributed by atoms with Crippen LogP contribution in [0.5, 0.6) is 0 Å². The number of hydrogen-bond acceptors (Lipinski definition) is 6. The molecule has 0 saturated carbocycles. The number of benzene rings is 1. The van der Waals surface area contributed by atoms with Crippen molar-refractivity contribution in [2.24, 2.45) is 0 Å². The second-order valence-electron chi connectivity index (χ2n) is 7.86. The van der Waals surface area contributed by atoms with Crippen LogP contribution in [0.1, 0.15) is 27.4 Å². The number of amides is 1. The highest BCUT2D eigenvalue weighted by atomic mass is 19.1. The van der Waals surface area contributed by atoms with Crippen LogP contribution in [-0.2, 0) is 13.2 Å². The Kier molecular flexibility index (Phi) is 5.99. The van der Waals surface area contributed by atoms with Gasteiger partial charge in [0, 0.05) is 38.9 Å². The minimum atomic E-state index is -0.444. The normalized spacial score (nSPS) is 14.7. The van der Waals surface area contributed by atoms with E-state index in [1.807, 2.05) is 6.07 Å². The van der Waals surface area contributed by atoms with E-state index in [-0.39, 0.29) is 24.1 Å². The van der Waals surface area contributed by atoms with E-state index >= 15 is 0 Å². The predicted molar refractivity (Wildman–Crippen MR) is 114 cm³/mol. The first-order valence-corrected chi connectivity index (χ1v) is 10.3. The van der Waals surface area contributed by atoms with Gasteiger partial charge in [0.15, 0.2) is 0 Å². The smallest absolute Gasteiger partial charge is 0.312 e. The molecule has 2 aromatic heterocycles. The molecule has 0 atom stereocenters. The van der Waals surface area contributed by atoms with Gasteiger partial charge in [0.2, 0.25) is 0 Å². The summed E-state index contributed by atoms with van der Waals surface area (Å²) in [4.78, 5) is 27.5. The quantitative estimate of drug-likeness (QED) is 0.429. The summed E-state index contributed by atoms with van der Waals surface area (Å²) in [7, 11) is 0. The van der Waals surface area contributed by atoms with E-state index in [4.69, 9.17) is 0 Å². The molecular weight excluding hydrogens is 417 g/mol. The van der Waals surface area contributed by atoms with Crippen molar-refractivity contribution in [1.82, 2.24) is 29.4 Å². The van der Waals surface area contributed by atoms with Crippen LogP contribution in [0, 0.1) is 29.8 Å². The summed E-state index contributed by atoms with van der Waals surface area (Å²) < 4.78 is 16.4. The van der Waals surface area contributed by atoms with Crippen LogP contribution in [-0.4, -0.2) is 66.4 Å². The molecule has 0 unspecified atom stereocenters. The summed E-state index contributed by atoms with van der Waals surface area (Å²) in [5.41, 5.74) is 1.99. The minimum absolute atomic E-state index is 0.00966. The third-order valence-corrected chi connectivity index (χ3v) is 5.62. The van der Waals surface area contributed by atoms with Gasteiger partial charge in [0.1, 0.15) is 29.6 Å². The van der Waals surface area contributed by atoms with Crippen LogP contribution in [0.2, 0.25) is 0 Å². The molecular formula is C21H24FN7O3. The molecule has 1 fully saturated rings. The van der Waals surface area contributed by atoms with Crippen LogP contribution in [0.15, 0.2) is 36.5 Å². The van der Waals surface area contributed by atoms with Gasteiger partial charge >= 0.3 is 5.69 Å². The van der Waals surface area contributed by atoms with Gasteiger partial charge in [-0.1, -0.05) is 12.1 Å². The summed E-state index contributed by atoms with van der Waals surface area (Å²) in [5.74, 6) is -0.407. The fourth-order valence-electron chi connectivity index (χ4n) is 3.95. The average Bonchev–Trinajstić information content (AvgIpc) is 3.32. The molecule has 11 heteroatoms. The molecule has 1 aliphatic heterocycles. The van der Waals surface area contributed by atoms with E-state index in [9.17, 15) is 19.3 Å². The molecule has 4 rings (SSSR count). The van der Waals surface area contributed by atoms with Crippen molar-refractivity contribution in [3.05, 3.63) is 75.1 Å². The highest BCUT2D eigenvalue weighted by Crippen LogP contribution is 2.21. The van der Waals surface area contributed by atoms with E-state index in [0.717, 1.165) is 5.56 Å². The van der Waals surface area contributed by atoms with Crippen LogP contribution in [0.3, 0.4) is 0 Å². The summed E-state index contributed by atoms with van der Waals surface area (Å²) in [5, 5.41) is 19.7. The van der Waals surface area contributed by atoms with E-state index in [1.54, 1.807) is 37.1 Å². The molecule has 0 radical (unpaired) electrons. The van der Waals surface area contributed by atoms with Crippen molar-refractivity contribution >= 4 is 11.6 Å². The van der Waals surface area contributed by atoms with E-state index in [2.05, 4.69) is 15.1 Å². The lowest BCUT2D eigenvalue weighted by molar-refractivity contribution is -0.386. The first kappa shape index (κ1) is 21.6. The molecule has 0 bridgehead atoms. The number of hydrogen-bond donors (Lipinski definition) is 0. The van der Waals surface area contributed by atoms with Gasteiger partial charge in [-0.3, -0.25) is 24.5 Å². The number of piperazine rings is 1. The Morgan fingerprint density at radius 3 is 2.56 bits per heavy atom. The summed E-state index contributed by atoms with van der Waals surface area (Å²) in [6.45, 7) is 6.55. The number of nitrogens with zero attached hydrogens (tertiary/aromatic N) is 7. The van der Waals surface area contributed by atoms with E-state index in [0.29, 0.717) is 49.8 Å². The van der Waals surface area contributed by atoms with Gasteiger partial charge in [-0.05, 0) is 37.6 Å². The van der Waals surface area contributed by atoms with Crippen molar-refractivity contribution in [3.63, 3.8) is 0 Å². The minimum Gasteiger partial charge on any atom is -0.335 e. The first-order chi connectivity index (χ1) is 15.3. The lowest BCUT2D eigenvalue weighted by atomic mass is 10.2. The van der Waals surface area contributed by atoms with Gasteiger partial charge in [0.05, 0.1) is 4.92 Å². The van der Waals surface area contributed by atoms with Gasteiger partial charge in [0.25, 0.3) is 5.91 Å². The van der Waals surface area contributed by atoms with E-state index in [1.165, 1.54) is 21.5 Å². The summed E-state index contributed by atoms with van der Waals surface area (Å²) >= 11 is 0. The lowest BCUT2D eigenvalue weighted by Gasteiger charge is -2.34. The maximum absolute atomic E-state index is 13.4. The van der Waals surface area contributed by atoms with Gasteiger partial charge in [-0.25, -0.2) is 9.07 Å². The second kappa shape index (κ2) is 8.87. The second-order valence-corrected chi connectivity index (χ2v) is 7.86. The van der Waals surface area contributed by atoms with Crippen molar-refractivity contribution < 1.29 is 14.1 Å². The monoisotopic (exact) mass is 441 g/mol. The Bertz CT molecular complexity index is 1150. The van der Waals surface area contributed by atoms with Crippen molar-refractivity contribution in [2.45, 2.75) is 27.1 Å². The number of rotatable bonds is 6. The highest BCUT2D eigenvalue weighted by Gasteiger charge is 2.25. The zero-order chi connectivity index (χ0) is 22.8. The topological polar surface area (TPSA) is 102 Å². The molecule has 1 amide bonds. The molecule has 0 spiro atoms. The van der Waals surface area contributed by atoms with Crippen LogP contribution in [0.25, 0.3) is 0 Å². The number of halogens is 1. The Labute approximate surface area is 184 Å². The largest absolute Gasteiger partial charge is 0.335 e. The molecule has 1 saturated heterocycles. The van der Waals surface area contributed by atoms with Gasteiger partial charge in [-0.2, -0.15) is 10.2 Å². The SMILES string of the molecule is Cc1nn(Cn2ccc(C(=O)N3CCN(Cc4cccc(F)c4)CC3)n2)c(C)c1[N+](=O)[O-]. The maximum atomic E-state index is 13.4. The fourth-order valence-corrected chi connectivity index (χ4v) is 3.95. The van der Waals surface area contributed by atoms with Crippen molar-refractivity contribution in [2.75, 3.05) is 26.2 Å². The summed E-state index contributed by atoms with van der Waals surface area (Å²) in [6, 6.07) is 8.19. The van der Waals surface area contributed by atoms with Crippen molar-refractivity contribution in [1.29, 1.82) is 0 Å². The molecule has 32 heavy (non-hydrogen) atoms. The number of nitro groups is 1. The summed E-state index contributed by atoms with van der Waals surface area (Å²) in [6.07, 6.45) is 1.66. The molecule has 3 heterocycles. The van der Waals surface area contributed by atoms with Gasteiger partial charge < -0.3 is 4.90 Å². The highest BCUT2D eigenvalue weighted by molar-refractivity contribution is 5.92. The zero-order valence-electron chi connectivity index (χ0n) is 17.9. The third kappa shape index (κ3) is 4.52. The molecule has 1 aromatic carbocycles. The van der Waals surface area contributed by atoms with E-state index < -0.39 is 4.92 Å². The zero-order valence-corrected chi connectivity index (χ0v) is 17.9. The maximum Gasteiger partial charge on any atom is 0.312 e. The molecule has 10 nitrogen and oxygen atoms in total. The molecule has 3 aromatic rings. The third-order valence-electron chi connectivity index (χ3n) is 5.62. The number of carbonyl (C=O) groups excluding carboxylic acids is 1. The Morgan fingerprint density at radius 1 is 1.16 bits per heavy atom. The Balaban J connectivity index is 1.35. The number of carbonyl (C=O) groups is 1. The Morgan fingerprint density at radius 2 is 1.91 bits per heavy atom. The van der Waals surface area contributed by atoms with Crippen LogP contribution < -0.4 is 0 Å². The lowest BCUT2D eigenvalue weighted by Crippen LogP contribution is -2.48. The number of aromatic nitrogens is 4. The van der Waals surface area contributed by atoms with Gasteiger partial charge in [-0.15, -0.1) is 0 Å². The van der Waals surface area contributed by atoms with Crippen LogP contribution >= 0.6 is 0 Å². The number of aryl methyl sites for hydroxylation is 1. The average molecular weight is 441 g/mol. The predicted octanol–water partition coefficient (Wildman–Crippen LogP) is 2.21. The first-order valence-electron chi connectivity index (χ1n) is 10.3. The molecule has 0 aliphatic carbocycles. The molecule has 168 valence electrons. The molecule has 1 aliphatic rings. The standard InChI is InChI=1S/C21H24FN7O3/c1-15-20(29(31)32)16(2)28(23-15)14-27-7-6-19(24-27)21(30)26-10-8-25(9-11-26)13-17-4-3-5-18(22)12-17/h3-7,12H,8-11,13-14H2,1-2H3. The molecule has 0 N–H and O–H groups in total. The van der Waals surface area contributed by atoms with Crippen LogP contribution in [0.4, 0.5) is 10.1 Å². The Hall–Kier alpha value is -3.60.